The van der Waals surface area contributed by atoms with Gasteiger partial charge in [-0.3, -0.25) is 11.3 Å². The van der Waals surface area contributed by atoms with Gasteiger partial charge in [0.2, 0.25) is 0 Å². The molecule has 1 spiro atoms. The van der Waals surface area contributed by atoms with Crippen molar-refractivity contribution in [1.82, 2.24) is 5.43 Å². The molecule has 0 aromatic carbocycles. The lowest BCUT2D eigenvalue weighted by Crippen LogP contribution is -2.52. The van der Waals surface area contributed by atoms with Crippen molar-refractivity contribution in [1.29, 1.82) is 0 Å². The summed E-state index contributed by atoms with van der Waals surface area (Å²) in [6, 6.07) is 0.402. The van der Waals surface area contributed by atoms with E-state index in [1.165, 1.54) is 24.3 Å². The van der Waals surface area contributed by atoms with Gasteiger partial charge >= 0.3 is 0 Å². The predicted octanol–water partition coefficient (Wildman–Crippen LogP) is 1.16. The topological polar surface area (TPSA) is 56.5 Å². The zero-order chi connectivity index (χ0) is 12.4. The molecule has 3 heterocycles. The minimum absolute atomic E-state index is 0.155. The van der Waals surface area contributed by atoms with E-state index in [0.29, 0.717) is 17.9 Å². The fourth-order valence-corrected chi connectivity index (χ4v) is 5.11. The summed E-state index contributed by atoms with van der Waals surface area (Å²) in [4.78, 5) is 0. The van der Waals surface area contributed by atoms with Gasteiger partial charge in [0.15, 0.2) is 0 Å². The van der Waals surface area contributed by atoms with E-state index in [1.807, 2.05) is 11.8 Å². The smallest absolute Gasteiger partial charge is 0.0783 e. The third kappa shape index (κ3) is 2.56. The second-order valence-corrected chi connectivity index (χ2v) is 7.01. The molecule has 3 fully saturated rings. The van der Waals surface area contributed by atoms with Crippen molar-refractivity contribution >= 4 is 11.8 Å². The highest BCUT2D eigenvalue weighted by atomic mass is 32.2. The highest BCUT2D eigenvalue weighted by Crippen LogP contribution is 2.42. The second kappa shape index (κ2) is 5.67. The average Bonchev–Trinajstić information content (AvgIpc) is 3.03. The van der Waals surface area contributed by atoms with E-state index in [4.69, 9.17) is 15.3 Å². The lowest BCUT2D eigenvalue weighted by atomic mass is 9.77. The number of hydrogen-bond donors (Lipinski definition) is 2. The third-order valence-corrected chi connectivity index (χ3v) is 5.99. The van der Waals surface area contributed by atoms with Crippen LogP contribution < -0.4 is 11.3 Å². The maximum Gasteiger partial charge on any atom is 0.0783 e. The Morgan fingerprint density at radius 2 is 2.17 bits per heavy atom. The molecule has 104 valence electrons. The van der Waals surface area contributed by atoms with Crippen molar-refractivity contribution in [2.24, 2.45) is 17.7 Å². The summed E-state index contributed by atoms with van der Waals surface area (Å²) in [6.07, 6.45) is 4.67. The molecule has 4 unspecified atom stereocenters. The van der Waals surface area contributed by atoms with Crippen LogP contribution in [0.4, 0.5) is 0 Å². The van der Waals surface area contributed by atoms with E-state index < -0.39 is 0 Å². The lowest BCUT2D eigenvalue weighted by Gasteiger charge is -2.42. The van der Waals surface area contributed by atoms with E-state index in [0.717, 1.165) is 32.7 Å². The first-order valence-corrected chi connectivity index (χ1v) is 8.24. The normalized spacial score (nSPS) is 42.5. The summed E-state index contributed by atoms with van der Waals surface area (Å²) in [7, 11) is 0. The highest BCUT2D eigenvalue weighted by molar-refractivity contribution is 7.99. The molecule has 5 heteroatoms. The quantitative estimate of drug-likeness (QED) is 0.596. The van der Waals surface area contributed by atoms with E-state index in [9.17, 15) is 0 Å². The molecule has 0 bridgehead atoms. The van der Waals surface area contributed by atoms with Crippen molar-refractivity contribution in [2.45, 2.75) is 37.3 Å². The summed E-state index contributed by atoms with van der Waals surface area (Å²) < 4.78 is 11.6. The molecule has 4 nitrogen and oxygen atoms in total. The molecule has 18 heavy (non-hydrogen) atoms. The number of nitrogens with two attached hydrogens (primary N) is 1. The monoisotopic (exact) mass is 272 g/mol. The van der Waals surface area contributed by atoms with Gasteiger partial charge in [-0.15, -0.1) is 0 Å². The van der Waals surface area contributed by atoms with Crippen LogP contribution in [0.5, 0.6) is 0 Å². The molecule has 0 amide bonds. The minimum Gasteiger partial charge on any atom is -0.381 e. The summed E-state index contributed by atoms with van der Waals surface area (Å²) in [5.74, 6) is 9.47. The Labute approximate surface area is 113 Å². The van der Waals surface area contributed by atoms with Crippen molar-refractivity contribution in [3.05, 3.63) is 0 Å². The van der Waals surface area contributed by atoms with Gasteiger partial charge in [-0.1, -0.05) is 0 Å². The van der Waals surface area contributed by atoms with Crippen molar-refractivity contribution in [3.8, 4) is 0 Å². The number of hydrogen-bond acceptors (Lipinski definition) is 5. The maximum absolute atomic E-state index is 6.09. The lowest BCUT2D eigenvalue weighted by molar-refractivity contribution is -0.0885. The van der Waals surface area contributed by atoms with Crippen LogP contribution in [0, 0.1) is 11.8 Å². The third-order valence-electron chi connectivity index (χ3n) is 4.77. The zero-order valence-corrected chi connectivity index (χ0v) is 11.7. The number of nitrogens with one attached hydrogen (secondary N) is 1. The number of ether oxygens (including phenoxy) is 2. The van der Waals surface area contributed by atoms with E-state index in [-0.39, 0.29) is 5.60 Å². The fourth-order valence-electron chi connectivity index (χ4n) is 3.73. The predicted molar refractivity (Wildman–Crippen MR) is 73.4 cm³/mol. The molecule has 3 aliphatic heterocycles. The average molecular weight is 272 g/mol. The second-order valence-electron chi connectivity index (χ2n) is 5.90. The first kappa shape index (κ1) is 13.2. The van der Waals surface area contributed by atoms with Gasteiger partial charge in [-0.05, 0) is 37.4 Å². The minimum atomic E-state index is 0.155. The SMILES string of the molecule is NNC(C1CCOC1)C1CCOC2(CCSC2)C1. The van der Waals surface area contributed by atoms with Crippen LogP contribution in [0.25, 0.3) is 0 Å². The molecule has 3 rings (SSSR count). The van der Waals surface area contributed by atoms with Crippen molar-refractivity contribution < 1.29 is 9.47 Å². The first-order chi connectivity index (χ1) is 8.83. The van der Waals surface area contributed by atoms with Crippen molar-refractivity contribution in [2.75, 3.05) is 31.3 Å². The zero-order valence-electron chi connectivity index (χ0n) is 10.9. The number of rotatable bonds is 3. The number of hydrazine groups is 1. The Morgan fingerprint density at radius 3 is 2.83 bits per heavy atom. The standard InChI is InChI=1S/C13H24N2O2S/c14-15-12(11-1-4-16-8-11)10-2-5-17-13(7-10)3-6-18-9-13/h10-12,15H,1-9,14H2. The van der Waals surface area contributed by atoms with Gasteiger partial charge in [0.1, 0.15) is 0 Å². The van der Waals surface area contributed by atoms with Crippen LogP contribution in [0.2, 0.25) is 0 Å². The Bertz CT molecular complexity index is 278. The van der Waals surface area contributed by atoms with Crippen LogP contribution in [0.15, 0.2) is 0 Å². The van der Waals surface area contributed by atoms with Crippen LogP contribution in [-0.4, -0.2) is 43.0 Å². The molecule has 0 radical (unpaired) electrons. The summed E-state index contributed by atoms with van der Waals surface area (Å²) in [6.45, 7) is 2.66. The molecular weight excluding hydrogens is 248 g/mol. The highest BCUT2D eigenvalue weighted by Gasteiger charge is 2.44. The van der Waals surface area contributed by atoms with Gasteiger partial charge in [-0.2, -0.15) is 11.8 Å². The van der Waals surface area contributed by atoms with E-state index in [2.05, 4.69) is 5.43 Å². The van der Waals surface area contributed by atoms with Crippen LogP contribution >= 0.6 is 11.8 Å². The van der Waals surface area contributed by atoms with Gasteiger partial charge in [0.25, 0.3) is 0 Å². The molecule has 3 saturated heterocycles. The largest absolute Gasteiger partial charge is 0.381 e. The fraction of sp³-hybridized carbons (Fsp3) is 1.00. The molecule has 0 saturated carbocycles. The van der Waals surface area contributed by atoms with Gasteiger partial charge in [-0.25, -0.2) is 0 Å². The Balaban J connectivity index is 1.66. The van der Waals surface area contributed by atoms with E-state index >= 15 is 0 Å². The van der Waals surface area contributed by atoms with Gasteiger partial charge < -0.3 is 9.47 Å². The Kier molecular flexibility index (Phi) is 4.15. The Hall–Kier alpha value is 0.190. The number of thioether (sulfide) groups is 1. The summed E-state index contributed by atoms with van der Waals surface area (Å²) in [5.41, 5.74) is 3.23. The molecule has 0 aromatic rings. The van der Waals surface area contributed by atoms with Crippen LogP contribution in [0.1, 0.15) is 25.7 Å². The molecule has 3 aliphatic rings. The molecule has 4 atom stereocenters. The van der Waals surface area contributed by atoms with Crippen LogP contribution in [-0.2, 0) is 9.47 Å². The van der Waals surface area contributed by atoms with Gasteiger partial charge in [0.05, 0.1) is 12.2 Å². The van der Waals surface area contributed by atoms with E-state index in [1.54, 1.807) is 0 Å². The first-order valence-electron chi connectivity index (χ1n) is 7.09. The van der Waals surface area contributed by atoms with Crippen molar-refractivity contribution in [3.63, 3.8) is 0 Å². The summed E-state index contributed by atoms with van der Waals surface area (Å²) in [5, 5.41) is 0. The molecule has 3 N–H and O–H groups in total. The molecular formula is C13H24N2O2S. The summed E-state index contributed by atoms with van der Waals surface area (Å²) >= 11 is 2.03. The van der Waals surface area contributed by atoms with Crippen LogP contribution in [0.3, 0.4) is 0 Å². The van der Waals surface area contributed by atoms with Gasteiger partial charge in [0, 0.05) is 30.9 Å². The maximum atomic E-state index is 6.09. The molecule has 0 aliphatic carbocycles. The Morgan fingerprint density at radius 1 is 1.28 bits per heavy atom. The molecule has 0 aromatic heterocycles.